The van der Waals surface area contributed by atoms with Crippen LogP contribution in [0.2, 0.25) is 0 Å². The summed E-state index contributed by atoms with van der Waals surface area (Å²) in [6.07, 6.45) is 0. The quantitative estimate of drug-likeness (QED) is 0.828. The van der Waals surface area contributed by atoms with Gasteiger partial charge in [-0.3, -0.25) is 0 Å². The molecule has 15 heavy (non-hydrogen) atoms. The molecule has 80 valence electrons. The minimum absolute atomic E-state index is 0.310. The van der Waals surface area contributed by atoms with Crippen LogP contribution in [-0.2, 0) is 6.54 Å². The van der Waals surface area contributed by atoms with E-state index in [9.17, 15) is 0 Å². The first-order valence-corrected chi connectivity index (χ1v) is 5.21. The molecule has 1 aromatic heterocycles. The number of fused-ring (bicyclic) bond motifs is 1. The average Bonchev–Trinajstić information content (AvgIpc) is 2.61. The number of rotatable bonds is 3. The van der Waals surface area contributed by atoms with Gasteiger partial charge in [0.1, 0.15) is 11.0 Å². The van der Waals surface area contributed by atoms with Crippen LogP contribution in [0.15, 0.2) is 18.2 Å². The summed E-state index contributed by atoms with van der Waals surface area (Å²) < 4.78 is 0. The van der Waals surface area contributed by atoms with Gasteiger partial charge in [0.2, 0.25) is 0 Å². The minimum atomic E-state index is 0.310. The molecule has 0 spiro atoms. The third-order valence-corrected chi connectivity index (χ3v) is 2.30. The van der Waals surface area contributed by atoms with E-state index in [0.717, 1.165) is 17.6 Å². The largest absolute Gasteiger partial charge is 0.316 e. The molecule has 2 rings (SSSR count). The van der Waals surface area contributed by atoms with Crippen LogP contribution in [0.5, 0.6) is 0 Å². The van der Waals surface area contributed by atoms with E-state index < -0.39 is 0 Å². The topological polar surface area (TPSA) is 42.7 Å². The standard InChI is InChI=1S/C11H16N4/c1-8(2)15-13-10-5-4-9(7-12-3)6-11(10)14-15/h4-6,8,12H,7H2,1-3H3. The Hall–Kier alpha value is -1.42. The molecule has 1 N–H and O–H groups in total. The molecule has 0 bridgehead atoms. The van der Waals surface area contributed by atoms with Crippen LogP contribution in [-0.4, -0.2) is 22.0 Å². The van der Waals surface area contributed by atoms with Crippen LogP contribution in [0.25, 0.3) is 11.0 Å². The molecule has 0 aliphatic rings. The second kappa shape index (κ2) is 3.98. The third kappa shape index (κ3) is 1.99. The lowest BCUT2D eigenvalue weighted by molar-refractivity contribution is 0.472. The zero-order valence-electron chi connectivity index (χ0n) is 9.36. The maximum absolute atomic E-state index is 4.43. The van der Waals surface area contributed by atoms with Crippen LogP contribution in [0.1, 0.15) is 25.5 Å². The SMILES string of the molecule is CNCc1ccc2nn(C(C)C)nc2c1. The highest BCUT2D eigenvalue weighted by Crippen LogP contribution is 2.13. The molecule has 0 atom stereocenters. The van der Waals surface area contributed by atoms with Gasteiger partial charge < -0.3 is 5.32 Å². The molecule has 0 amide bonds. The van der Waals surface area contributed by atoms with Gasteiger partial charge in [0, 0.05) is 6.54 Å². The first-order valence-electron chi connectivity index (χ1n) is 5.21. The van der Waals surface area contributed by atoms with Gasteiger partial charge in [0.25, 0.3) is 0 Å². The Morgan fingerprint density at radius 3 is 2.67 bits per heavy atom. The smallest absolute Gasteiger partial charge is 0.113 e. The highest BCUT2D eigenvalue weighted by Gasteiger charge is 2.05. The van der Waals surface area contributed by atoms with Crippen molar-refractivity contribution in [3.63, 3.8) is 0 Å². The molecule has 4 nitrogen and oxygen atoms in total. The van der Waals surface area contributed by atoms with Crippen molar-refractivity contribution in [2.75, 3.05) is 7.05 Å². The molecular weight excluding hydrogens is 188 g/mol. The second-order valence-electron chi connectivity index (χ2n) is 3.97. The van der Waals surface area contributed by atoms with E-state index in [4.69, 9.17) is 0 Å². The summed E-state index contributed by atoms with van der Waals surface area (Å²) in [7, 11) is 1.94. The van der Waals surface area contributed by atoms with Crippen LogP contribution < -0.4 is 5.32 Å². The zero-order chi connectivity index (χ0) is 10.8. The minimum Gasteiger partial charge on any atom is -0.316 e. The average molecular weight is 204 g/mol. The molecule has 0 aliphatic heterocycles. The van der Waals surface area contributed by atoms with Crippen molar-refractivity contribution in [1.29, 1.82) is 0 Å². The predicted octanol–water partition coefficient (Wildman–Crippen LogP) is 1.73. The summed E-state index contributed by atoms with van der Waals surface area (Å²) in [6.45, 7) is 5.02. The molecule has 0 fully saturated rings. The monoisotopic (exact) mass is 204 g/mol. The highest BCUT2D eigenvalue weighted by atomic mass is 15.5. The first-order chi connectivity index (χ1) is 7.20. The van der Waals surface area contributed by atoms with Gasteiger partial charge in [0.15, 0.2) is 0 Å². The first kappa shape index (κ1) is 10.1. The van der Waals surface area contributed by atoms with E-state index in [2.05, 4.69) is 41.5 Å². The third-order valence-electron chi connectivity index (χ3n) is 2.30. The number of aromatic nitrogens is 3. The Labute approximate surface area is 89.3 Å². The van der Waals surface area contributed by atoms with E-state index in [1.165, 1.54) is 5.56 Å². The Bertz CT molecular complexity index is 459. The van der Waals surface area contributed by atoms with Gasteiger partial charge >= 0.3 is 0 Å². The summed E-state index contributed by atoms with van der Waals surface area (Å²) in [5, 5.41) is 12.0. The number of benzene rings is 1. The summed E-state index contributed by atoms with van der Waals surface area (Å²) >= 11 is 0. The zero-order valence-corrected chi connectivity index (χ0v) is 9.36. The van der Waals surface area contributed by atoms with Crippen molar-refractivity contribution < 1.29 is 0 Å². The van der Waals surface area contributed by atoms with Gasteiger partial charge in [-0.1, -0.05) is 6.07 Å². The molecule has 0 unspecified atom stereocenters. The molecule has 0 radical (unpaired) electrons. The van der Waals surface area contributed by atoms with Crippen molar-refractivity contribution >= 4 is 11.0 Å². The maximum Gasteiger partial charge on any atom is 0.113 e. The molecule has 0 aliphatic carbocycles. The normalized spacial score (nSPS) is 11.5. The lowest BCUT2D eigenvalue weighted by Gasteiger charge is -1.99. The van der Waals surface area contributed by atoms with Crippen LogP contribution in [0.3, 0.4) is 0 Å². The second-order valence-corrected chi connectivity index (χ2v) is 3.97. The number of hydrogen-bond acceptors (Lipinski definition) is 3. The summed E-state index contributed by atoms with van der Waals surface area (Å²) in [5.74, 6) is 0. The highest BCUT2D eigenvalue weighted by molar-refractivity contribution is 5.74. The Kier molecular flexibility index (Phi) is 2.68. The summed E-state index contributed by atoms with van der Waals surface area (Å²) in [5.41, 5.74) is 3.17. The van der Waals surface area contributed by atoms with E-state index in [-0.39, 0.29) is 0 Å². The number of hydrogen-bond donors (Lipinski definition) is 1. The molecular formula is C11H16N4. The lowest BCUT2D eigenvalue weighted by atomic mass is 10.2. The predicted molar refractivity (Wildman–Crippen MR) is 60.7 cm³/mol. The van der Waals surface area contributed by atoms with Crippen LogP contribution >= 0.6 is 0 Å². The summed E-state index contributed by atoms with van der Waals surface area (Å²) in [6, 6.07) is 6.49. The van der Waals surface area contributed by atoms with Gasteiger partial charge in [-0.25, -0.2) is 0 Å². The van der Waals surface area contributed by atoms with E-state index in [0.29, 0.717) is 6.04 Å². The fourth-order valence-electron chi connectivity index (χ4n) is 1.52. The van der Waals surface area contributed by atoms with Crippen molar-refractivity contribution in [2.45, 2.75) is 26.4 Å². The van der Waals surface area contributed by atoms with Crippen LogP contribution in [0, 0.1) is 0 Å². The molecule has 1 heterocycles. The fourth-order valence-corrected chi connectivity index (χ4v) is 1.52. The van der Waals surface area contributed by atoms with E-state index in [1.807, 2.05) is 13.1 Å². The van der Waals surface area contributed by atoms with Crippen molar-refractivity contribution in [1.82, 2.24) is 20.3 Å². The van der Waals surface area contributed by atoms with Crippen molar-refractivity contribution in [2.24, 2.45) is 0 Å². The number of nitrogens with one attached hydrogen (secondary N) is 1. The van der Waals surface area contributed by atoms with Crippen molar-refractivity contribution in [3.8, 4) is 0 Å². The van der Waals surface area contributed by atoms with Gasteiger partial charge in [-0.05, 0) is 38.6 Å². The van der Waals surface area contributed by atoms with Gasteiger partial charge in [-0.2, -0.15) is 15.0 Å². The Morgan fingerprint density at radius 1 is 1.27 bits per heavy atom. The van der Waals surface area contributed by atoms with Gasteiger partial charge in [-0.15, -0.1) is 0 Å². The Morgan fingerprint density at radius 2 is 2.00 bits per heavy atom. The molecule has 0 saturated carbocycles. The van der Waals surface area contributed by atoms with E-state index >= 15 is 0 Å². The fraction of sp³-hybridized carbons (Fsp3) is 0.455. The Balaban J connectivity index is 2.43. The molecule has 2 aromatic rings. The van der Waals surface area contributed by atoms with Crippen LogP contribution in [0.4, 0.5) is 0 Å². The maximum atomic E-state index is 4.43. The number of nitrogens with zero attached hydrogens (tertiary/aromatic N) is 3. The summed E-state index contributed by atoms with van der Waals surface area (Å²) in [4.78, 5) is 1.76. The molecule has 0 saturated heterocycles. The van der Waals surface area contributed by atoms with Crippen molar-refractivity contribution in [3.05, 3.63) is 23.8 Å². The lowest BCUT2D eigenvalue weighted by Crippen LogP contribution is -2.04. The molecule has 1 aromatic carbocycles. The molecule has 4 heteroatoms. The van der Waals surface area contributed by atoms with Gasteiger partial charge in [0.05, 0.1) is 6.04 Å². The van der Waals surface area contributed by atoms with E-state index in [1.54, 1.807) is 4.80 Å².